The number of pyridine rings is 1. The molecule has 0 N–H and O–H groups in total. The molecular weight excluding hydrogens is 324 g/mol. The molecule has 3 heterocycles. The lowest BCUT2D eigenvalue weighted by Gasteiger charge is -2.11. The Bertz CT molecular complexity index is 892. The minimum atomic E-state index is -0.545. The molecule has 0 bridgehead atoms. The summed E-state index contributed by atoms with van der Waals surface area (Å²) in [5, 5.41) is 9.54. The summed E-state index contributed by atoms with van der Waals surface area (Å²) < 4.78 is 21.0. The molecule has 0 radical (unpaired) electrons. The van der Waals surface area contributed by atoms with Gasteiger partial charge in [-0.3, -0.25) is 0 Å². The number of esters is 1. The van der Waals surface area contributed by atoms with Crippen molar-refractivity contribution in [2.45, 2.75) is 6.92 Å². The van der Waals surface area contributed by atoms with Gasteiger partial charge in [0.2, 0.25) is 5.88 Å². The summed E-state index contributed by atoms with van der Waals surface area (Å²) in [7, 11) is 0. The first-order valence-corrected chi connectivity index (χ1v) is 7.54. The van der Waals surface area contributed by atoms with Crippen LogP contribution in [0.5, 0.6) is 5.88 Å². The molecule has 3 aromatic heterocycles. The first kappa shape index (κ1) is 16.3. The van der Waals surface area contributed by atoms with Gasteiger partial charge >= 0.3 is 5.97 Å². The average molecular weight is 338 g/mol. The van der Waals surface area contributed by atoms with E-state index < -0.39 is 5.97 Å². The molecule has 0 unspecified atom stereocenters. The third-order valence-electron chi connectivity index (χ3n) is 3.29. The van der Waals surface area contributed by atoms with Crippen LogP contribution in [0.15, 0.2) is 51.7 Å². The first-order valence-electron chi connectivity index (χ1n) is 7.54. The van der Waals surface area contributed by atoms with Crippen LogP contribution in [0.1, 0.15) is 12.5 Å². The van der Waals surface area contributed by atoms with E-state index in [1.54, 1.807) is 37.3 Å². The lowest BCUT2D eigenvalue weighted by molar-refractivity contribution is -0.145. The van der Waals surface area contributed by atoms with Gasteiger partial charge in [-0.2, -0.15) is 5.26 Å². The van der Waals surface area contributed by atoms with E-state index >= 15 is 0 Å². The number of hydrogen-bond donors (Lipinski definition) is 0. The van der Waals surface area contributed by atoms with Crippen LogP contribution in [0.4, 0.5) is 0 Å². The van der Waals surface area contributed by atoms with Crippen molar-refractivity contribution in [2.24, 2.45) is 0 Å². The molecule has 3 rings (SSSR count). The topological polar surface area (TPSA) is 98.5 Å². The Morgan fingerprint density at radius 3 is 2.56 bits per heavy atom. The molecule has 0 saturated carbocycles. The molecule has 0 aromatic carbocycles. The number of aromatic nitrogens is 1. The number of ether oxygens (including phenoxy) is 2. The molecular formula is C18H14N2O5. The fourth-order valence-electron chi connectivity index (χ4n) is 2.24. The van der Waals surface area contributed by atoms with Crippen molar-refractivity contribution >= 4 is 5.97 Å². The third kappa shape index (κ3) is 3.53. The third-order valence-corrected chi connectivity index (χ3v) is 3.29. The number of carbonyl (C=O) groups is 1. The average Bonchev–Trinajstić information content (AvgIpc) is 3.32. The number of rotatable bonds is 6. The molecule has 0 aliphatic heterocycles. The predicted molar refractivity (Wildman–Crippen MR) is 86.5 cm³/mol. The molecule has 3 aromatic rings. The van der Waals surface area contributed by atoms with Crippen LogP contribution in [-0.4, -0.2) is 24.2 Å². The number of hydrogen-bond acceptors (Lipinski definition) is 7. The zero-order valence-electron chi connectivity index (χ0n) is 13.4. The quantitative estimate of drug-likeness (QED) is 0.635. The summed E-state index contributed by atoms with van der Waals surface area (Å²) in [6.45, 7) is 1.59. The highest BCUT2D eigenvalue weighted by molar-refractivity contribution is 5.75. The van der Waals surface area contributed by atoms with Gasteiger partial charge in [-0.25, -0.2) is 9.78 Å². The van der Waals surface area contributed by atoms with E-state index in [-0.39, 0.29) is 24.7 Å². The summed E-state index contributed by atoms with van der Waals surface area (Å²) in [5.74, 6) is 0.443. The zero-order chi connectivity index (χ0) is 17.6. The summed E-state index contributed by atoms with van der Waals surface area (Å²) in [6, 6.07) is 10.6. The molecule has 0 aliphatic carbocycles. The van der Waals surface area contributed by atoms with E-state index in [1.165, 1.54) is 12.5 Å². The largest absolute Gasteiger partial charge is 0.465 e. The van der Waals surface area contributed by atoms with E-state index in [1.807, 2.05) is 0 Å². The van der Waals surface area contributed by atoms with Crippen LogP contribution in [-0.2, 0) is 9.53 Å². The van der Waals surface area contributed by atoms with E-state index in [9.17, 15) is 10.1 Å². The van der Waals surface area contributed by atoms with Gasteiger partial charge in [0.1, 0.15) is 23.1 Å². The second-order valence-corrected chi connectivity index (χ2v) is 4.90. The Balaban J connectivity index is 2.05. The van der Waals surface area contributed by atoms with E-state index in [0.29, 0.717) is 22.8 Å². The number of nitriles is 1. The van der Waals surface area contributed by atoms with E-state index in [0.717, 1.165) is 0 Å². The standard InChI is InChI=1S/C18H14N2O5/c1-2-22-17(21)11-25-18-13(10-19)12(15-5-3-7-23-15)9-14(20-18)16-6-4-8-24-16/h3-9H,2,11H2,1H3. The molecule has 7 heteroatoms. The van der Waals surface area contributed by atoms with Crippen LogP contribution in [0.3, 0.4) is 0 Å². The van der Waals surface area contributed by atoms with Crippen LogP contribution in [0, 0.1) is 11.3 Å². The summed E-state index contributed by atoms with van der Waals surface area (Å²) in [5.41, 5.74) is 1.11. The van der Waals surface area contributed by atoms with Crippen molar-refractivity contribution in [3.8, 4) is 34.7 Å². The van der Waals surface area contributed by atoms with Gasteiger partial charge in [-0.1, -0.05) is 0 Å². The van der Waals surface area contributed by atoms with Gasteiger partial charge in [-0.15, -0.1) is 0 Å². The Morgan fingerprint density at radius 1 is 1.24 bits per heavy atom. The first-order chi connectivity index (χ1) is 12.2. The fraction of sp³-hybridized carbons (Fsp3) is 0.167. The maximum atomic E-state index is 11.5. The van der Waals surface area contributed by atoms with E-state index in [2.05, 4.69) is 11.1 Å². The second kappa shape index (κ2) is 7.36. The molecule has 7 nitrogen and oxygen atoms in total. The Kier molecular flexibility index (Phi) is 4.81. The maximum absolute atomic E-state index is 11.5. The van der Waals surface area contributed by atoms with Crippen LogP contribution in [0.25, 0.3) is 22.8 Å². The van der Waals surface area contributed by atoms with Gasteiger partial charge in [0.05, 0.1) is 19.1 Å². The number of carbonyl (C=O) groups excluding carboxylic acids is 1. The molecule has 25 heavy (non-hydrogen) atoms. The zero-order valence-corrected chi connectivity index (χ0v) is 13.4. The molecule has 0 atom stereocenters. The lowest BCUT2D eigenvalue weighted by Crippen LogP contribution is -2.16. The van der Waals surface area contributed by atoms with Gasteiger partial charge in [-0.05, 0) is 37.3 Å². The molecule has 0 spiro atoms. The summed E-state index contributed by atoms with van der Waals surface area (Å²) in [4.78, 5) is 15.8. The van der Waals surface area contributed by atoms with Gasteiger partial charge in [0.15, 0.2) is 12.4 Å². The SMILES string of the molecule is CCOC(=O)COc1nc(-c2ccco2)cc(-c2ccco2)c1C#N. The Morgan fingerprint density at radius 2 is 1.96 bits per heavy atom. The van der Waals surface area contributed by atoms with Crippen molar-refractivity contribution < 1.29 is 23.1 Å². The summed E-state index contributed by atoms with van der Waals surface area (Å²) >= 11 is 0. The molecule has 0 fully saturated rings. The second-order valence-electron chi connectivity index (χ2n) is 4.90. The molecule has 0 saturated heterocycles. The summed E-state index contributed by atoms with van der Waals surface area (Å²) in [6.07, 6.45) is 3.02. The smallest absolute Gasteiger partial charge is 0.344 e. The molecule has 0 amide bonds. The predicted octanol–water partition coefficient (Wildman–Crippen LogP) is 3.42. The van der Waals surface area contributed by atoms with Crippen LogP contribution < -0.4 is 4.74 Å². The minimum absolute atomic E-state index is 0.0100. The monoisotopic (exact) mass is 338 g/mol. The van der Waals surface area contributed by atoms with Gasteiger partial charge < -0.3 is 18.3 Å². The normalized spacial score (nSPS) is 10.2. The van der Waals surface area contributed by atoms with Crippen molar-refractivity contribution in [1.82, 2.24) is 4.98 Å². The van der Waals surface area contributed by atoms with Crippen molar-refractivity contribution in [2.75, 3.05) is 13.2 Å². The van der Waals surface area contributed by atoms with Crippen LogP contribution >= 0.6 is 0 Å². The van der Waals surface area contributed by atoms with Crippen LogP contribution in [0.2, 0.25) is 0 Å². The van der Waals surface area contributed by atoms with Crippen molar-refractivity contribution in [3.05, 3.63) is 48.4 Å². The molecule has 126 valence electrons. The number of nitrogens with zero attached hydrogens (tertiary/aromatic N) is 2. The van der Waals surface area contributed by atoms with Crippen molar-refractivity contribution in [1.29, 1.82) is 5.26 Å². The highest BCUT2D eigenvalue weighted by Crippen LogP contribution is 2.33. The van der Waals surface area contributed by atoms with Gasteiger partial charge in [0.25, 0.3) is 0 Å². The lowest BCUT2D eigenvalue weighted by atomic mass is 10.1. The van der Waals surface area contributed by atoms with Crippen molar-refractivity contribution in [3.63, 3.8) is 0 Å². The highest BCUT2D eigenvalue weighted by Gasteiger charge is 2.20. The van der Waals surface area contributed by atoms with Gasteiger partial charge in [0, 0.05) is 5.56 Å². The fourth-order valence-corrected chi connectivity index (χ4v) is 2.24. The van der Waals surface area contributed by atoms with E-state index in [4.69, 9.17) is 18.3 Å². The number of furan rings is 2. The minimum Gasteiger partial charge on any atom is -0.465 e. The Hall–Kier alpha value is -3.53. The highest BCUT2D eigenvalue weighted by atomic mass is 16.6. The molecule has 0 aliphatic rings. The Labute approximate surface area is 143 Å². The maximum Gasteiger partial charge on any atom is 0.344 e.